The second-order valence-electron chi connectivity index (χ2n) is 5.95. The van der Waals surface area contributed by atoms with Gasteiger partial charge in [0.25, 0.3) is 0 Å². The predicted octanol–water partition coefficient (Wildman–Crippen LogP) is 2.96. The van der Waals surface area contributed by atoms with Crippen LogP contribution in [0.1, 0.15) is 66.0 Å². The van der Waals surface area contributed by atoms with Crippen LogP contribution in [-0.2, 0) is 13.0 Å². The fourth-order valence-corrected chi connectivity index (χ4v) is 4.54. The normalized spacial score (nSPS) is 27.1. The molecule has 4 rings (SSSR count). The van der Waals surface area contributed by atoms with Crippen LogP contribution in [-0.4, -0.2) is 22.3 Å². The summed E-state index contributed by atoms with van der Waals surface area (Å²) in [4.78, 5) is 9.94. The number of rotatable bonds is 2. The smallest absolute Gasteiger partial charge is 0.141 e. The first kappa shape index (κ1) is 12.2. The molecule has 1 atom stereocenters. The Kier molecular flexibility index (Phi) is 3.24. The highest BCUT2D eigenvalue weighted by Crippen LogP contribution is 2.42. The van der Waals surface area contributed by atoms with Crippen LogP contribution in [0.2, 0.25) is 0 Å². The zero-order valence-electron chi connectivity index (χ0n) is 11.3. The van der Waals surface area contributed by atoms with Gasteiger partial charge in [0.1, 0.15) is 5.82 Å². The van der Waals surface area contributed by atoms with Crippen LogP contribution in [0.15, 0.2) is 0 Å². The van der Waals surface area contributed by atoms with Gasteiger partial charge in [-0.1, -0.05) is 6.42 Å². The lowest BCUT2D eigenvalue weighted by atomic mass is 9.80. The lowest BCUT2D eigenvalue weighted by Gasteiger charge is -2.30. The van der Waals surface area contributed by atoms with Crippen molar-refractivity contribution in [2.45, 2.75) is 56.2 Å². The van der Waals surface area contributed by atoms with E-state index in [2.05, 4.69) is 17.1 Å². The molecule has 3 aliphatic rings. The molecule has 1 aromatic rings. The van der Waals surface area contributed by atoms with E-state index in [0.29, 0.717) is 5.25 Å². The number of fused-ring (bicyclic) bond motifs is 1. The van der Waals surface area contributed by atoms with E-state index in [4.69, 9.17) is 9.97 Å². The summed E-state index contributed by atoms with van der Waals surface area (Å²) in [6, 6.07) is 0. The van der Waals surface area contributed by atoms with Gasteiger partial charge in [0, 0.05) is 31.0 Å². The van der Waals surface area contributed by atoms with Gasteiger partial charge < -0.3 is 5.32 Å². The Hall–Kier alpha value is -0.610. The number of hydrogen-bond acceptors (Lipinski definition) is 4. The number of aromatic nitrogens is 2. The van der Waals surface area contributed by atoms with Gasteiger partial charge in [-0.15, -0.1) is 0 Å². The second kappa shape index (κ2) is 5.06. The first-order valence-corrected chi connectivity index (χ1v) is 8.68. The fraction of sp³-hybridized carbons (Fsp3) is 0.733. The molecule has 1 aromatic heterocycles. The van der Waals surface area contributed by atoms with Crippen molar-refractivity contribution in [3.8, 4) is 0 Å². The monoisotopic (exact) mass is 275 g/mol. The van der Waals surface area contributed by atoms with Crippen LogP contribution >= 0.6 is 11.8 Å². The molecule has 0 aromatic carbocycles. The molecule has 3 heterocycles. The van der Waals surface area contributed by atoms with Crippen molar-refractivity contribution in [2.75, 3.05) is 12.3 Å². The first-order chi connectivity index (χ1) is 9.42. The molecule has 1 aliphatic carbocycles. The van der Waals surface area contributed by atoms with Crippen LogP contribution in [0.5, 0.6) is 0 Å². The SMILES string of the molecule is C1CC(c2nc(C3CCCS3)nc3c2CNCC3)C1. The van der Waals surface area contributed by atoms with Crippen molar-refractivity contribution in [3.05, 3.63) is 22.8 Å². The third kappa shape index (κ3) is 2.19. The molecule has 102 valence electrons. The number of nitrogens with zero attached hydrogens (tertiary/aromatic N) is 2. The van der Waals surface area contributed by atoms with Gasteiger partial charge in [-0.2, -0.15) is 11.8 Å². The average Bonchev–Trinajstić information content (AvgIpc) is 2.90. The Morgan fingerprint density at radius 3 is 2.79 bits per heavy atom. The topological polar surface area (TPSA) is 37.8 Å². The van der Waals surface area contributed by atoms with E-state index in [-0.39, 0.29) is 0 Å². The van der Waals surface area contributed by atoms with E-state index in [1.807, 2.05) is 0 Å². The summed E-state index contributed by atoms with van der Waals surface area (Å²) in [6.07, 6.45) is 7.73. The maximum absolute atomic E-state index is 5.02. The van der Waals surface area contributed by atoms with Gasteiger partial charge in [-0.3, -0.25) is 0 Å². The van der Waals surface area contributed by atoms with Crippen molar-refractivity contribution in [3.63, 3.8) is 0 Å². The minimum atomic E-state index is 0.569. The first-order valence-electron chi connectivity index (χ1n) is 7.64. The Morgan fingerprint density at radius 1 is 1.11 bits per heavy atom. The number of thioether (sulfide) groups is 1. The van der Waals surface area contributed by atoms with Crippen LogP contribution in [0.4, 0.5) is 0 Å². The summed E-state index contributed by atoms with van der Waals surface area (Å²) in [5.74, 6) is 3.15. The van der Waals surface area contributed by atoms with Gasteiger partial charge in [-0.25, -0.2) is 9.97 Å². The molecule has 2 fully saturated rings. The quantitative estimate of drug-likeness (QED) is 0.900. The lowest BCUT2D eigenvalue weighted by Crippen LogP contribution is -2.29. The molecule has 19 heavy (non-hydrogen) atoms. The summed E-state index contributed by atoms with van der Waals surface area (Å²) in [5, 5.41) is 4.06. The summed E-state index contributed by atoms with van der Waals surface area (Å²) in [5.41, 5.74) is 4.17. The zero-order chi connectivity index (χ0) is 12.7. The van der Waals surface area contributed by atoms with E-state index in [1.54, 1.807) is 0 Å². The van der Waals surface area contributed by atoms with Crippen LogP contribution in [0.25, 0.3) is 0 Å². The predicted molar refractivity (Wildman–Crippen MR) is 78.5 cm³/mol. The average molecular weight is 275 g/mol. The molecular formula is C15H21N3S. The van der Waals surface area contributed by atoms with Crippen LogP contribution in [0, 0.1) is 0 Å². The third-order valence-corrected chi connectivity index (χ3v) is 6.07. The molecule has 2 aliphatic heterocycles. The highest BCUT2D eigenvalue weighted by molar-refractivity contribution is 7.99. The van der Waals surface area contributed by atoms with E-state index >= 15 is 0 Å². The maximum atomic E-state index is 5.02. The van der Waals surface area contributed by atoms with Gasteiger partial charge in [0.15, 0.2) is 0 Å². The number of nitrogens with one attached hydrogen (secondary N) is 1. The van der Waals surface area contributed by atoms with Crippen LogP contribution in [0.3, 0.4) is 0 Å². The molecule has 0 amide bonds. The van der Waals surface area contributed by atoms with Gasteiger partial charge >= 0.3 is 0 Å². The van der Waals surface area contributed by atoms with Crippen molar-refractivity contribution >= 4 is 11.8 Å². The molecule has 0 bridgehead atoms. The Bertz CT molecular complexity index is 479. The van der Waals surface area contributed by atoms with Crippen molar-refractivity contribution < 1.29 is 0 Å². The molecule has 4 heteroatoms. The van der Waals surface area contributed by atoms with Gasteiger partial charge in [0.05, 0.1) is 16.6 Å². The fourth-order valence-electron chi connectivity index (χ4n) is 3.33. The standard InChI is InChI=1S/C15H21N3S/c1-3-10(4-1)14-11-9-16-7-6-12(11)17-15(18-14)13-5-2-8-19-13/h10,13,16H,1-9H2. The molecule has 1 N–H and O–H groups in total. The molecule has 1 saturated carbocycles. The van der Waals surface area contributed by atoms with Gasteiger partial charge in [0.2, 0.25) is 0 Å². The minimum Gasteiger partial charge on any atom is -0.312 e. The lowest BCUT2D eigenvalue weighted by molar-refractivity contribution is 0.402. The highest BCUT2D eigenvalue weighted by Gasteiger charge is 2.29. The Labute approximate surface area is 119 Å². The van der Waals surface area contributed by atoms with Crippen molar-refractivity contribution in [1.29, 1.82) is 0 Å². The van der Waals surface area contributed by atoms with Crippen molar-refractivity contribution in [1.82, 2.24) is 15.3 Å². The minimum absolute atomic E-state index is 0.569. The van der Waals surface area contributed by atoms with E-state index < -0.39 is 0 Å². The largest absolute Gasteiger partial charge is 0.312 e. The summed E-state index contributed by atoms with van der Waals surface area (Å²) < 4.78 is 0. The van der Waals surface area contributed by atoms with Gasteiger partial charge in [-0.05, 0) is 31.4 Å². The second-order valence-corrected chi connectivity index (χ2v) is 7.26. The Balaban J connectivity index is 1.75. The number of hydrogen-bond donors (Lipinski definition) is 1. The summed E-state index contributed by atoms with van der Waals surface area (Å²) in [7, 11) is 0. The van der Waals surface area contributed by atoms with Crippen LogP contribution < -0.4 is 5.32 Å². The molecule has 3 nitrogen and oxygen atoms in total. The molecule has 1 saturated heterocycles. The molecule has 0 radical (unpaired) electrons. The highest BCUT2D eigenvalue weighted by atomic mass is 32.2. The zero-order valence-corrected chi connectivity index (χ0v) is 12.1. The molecule has 1 unspecified atom stereocenters. The Morgan fingerprint density at radius 2 is 2.05 bits per heavy atom. The maximum Gasteiger partial charge on any atom is 0.141 e. The summed E-state index contributed by atoms with van der Waals surface area (Å²) in [6.45, 7) is 2.06. The van der Waals surface area contributed by atoms with E-state index in [1.165, 1.54) is 54.8 Å². The van der Waals surface area contributed by atoms with Crippen molar-refractivity contribution in [2.24, 2.45) is 0 Å². The molecule has 0 spiro atoms. The molecular weight excluding hydrogens is 254 g/mol. The van der Waals surface area contributed by atoms with E-state index in [9.17, 15) is 0 Å². The van der Waals surface area contributed by atoms with E-state index in [0.717, 1.165) is 31.3 Å². The summed E-state index contributed by atoms with van der Waals surface area (Å²) >= 11 is 2.05. The third-order valence-electron chi connectivity index (χ3n) is 4.69.